The molecular formula is C35H36BrN3O6S. The number of hydrogen-bond acceptors (Lipinski definition) is 8. The molecule has 240 valence electrons. The number of carbonyl (C=O) groups excluding carboxylic acids is 2. The van der Waals surface area contributed by atoms with Gasteiger partial charge < -0.3 is 18.8 Å². The second-order valence-electron chi connectivity index (χ2n) is 10.9. The van der Waals surface area contributed by atoms with E-state index < -0.39 is 18.0 Å². The summed E-state index contributed by atoms with van der Waals surface area (Å²) in [6.45, 7) is 9.84. The average Bonchev–Trinajstić information content (AvgIpc) is 3.49. The number of aryl methyl sites for hydroxylation is 1. The highest BCUT2D eigenvalue weighted by atomic mass is 79.9. The second kappa shape index (κ2) is 13.6. The lowest BCUT2D eigenvalue weighted by molar-refractivity contribution is -0.139. The van der Waals surface area contributed by atoms with Gasteiger partial charge in [0.25, 0.3) is 5.56 Å². The van der Waals surface area contributed by atoms with Crippen molar-refractivity contribution in [2.45, 2.75) is 53.5 Å². The van der Waals surface area contributed by atoms with Gasteiger partial charge in [0.2, 0.25) is 0 Å². The predicted octanol–water partition coefficient (Wildman–Crippen LogP) is 5.85. The summed E-state index contributed by atoms with van der Waals surface area (Å²) >= 11 is 4.86. The molecule has 1 aliphatic heterocycles. The van der Waals surface area contributed by atoms with E-state index in [1.165, 1.54) is 18.4 Å². The first kappa shape index (κ1) is 33.2. The molecule has 11 heteroatoms. The zero-order valence-corrected chi connectivity index (χ0v) is 29.3. The largest absolute Gasteiger partial charge is 0.496 e. The molecule has 1 aliphatic rings. The molecule has 0 saturated heterocycles. The molecule has 2 aromatic carbocycles. The molecule has 46 heavy (non-hydrogen) atoms. The van der Waals surface area contributed by atoms with E-state index in [-0.39, 0.29) is 12.2 Å². The van der Waals surface area contributed by atoms with E-state index in [2.05, 4.69) is 20.5 Å². The van der Waals surface area contributed by atoms with Gasteiger partial charge >= 0.3 is 11.9 Å². The zero-order valence-electron chi connectivity index (χ0n) is 26.9. The maximum Gasteiger partial charge on any atom is 0.338 e. The van der Waals surface area contributed by atoms with Gasteiger partial charge in [0.1, 0.15) is 5.75 Å². The minimum atomic E-state index is -0.739. The maximum absolute atomic E-state index is 14.3. The quantitative estimate of drug-likeness (QED) is 0.203. The van der Waals surface area contributed by atoms with Crippen LogP contribution in [0.3, 0.4) is 0 Å². The first-order valence-electron chi connectivity index (χ1n) is 15.0. The summed E-state index contributed by atoms with van der Waals surface area (Å²) in [7, 11) is 2.95. The molecule has 0 fully saturated rings. The van der Waals surface area contributed by atoms with Gasteiger partial charge in [-0.15, -0.1) is 0 Å². The average molecular weight is 707 g/mol. The molecule has 5 rings (SSSR count). The highest BCUT2D eigenvalue weighted by Crippen LogP contribution is 2.36. The lowest BCUT2D eigenvalue weighted by atomic mass is 9.94. The smallest absolute Gasteiger partial charge is 0.338 e. The first-order chi connectivity index (χ1) is 22.1. The third-order valence-electron chi connectivity index (χ3n) is 8.09. The van der Waals surface area contributed by atoms with Crippen molar-refractivity contribution in [2.75, 3.05) is 20.8 Å². The molecule has 0 unspecified atom stereocenters. The van der Waals surface area contributed by atoms with Crippen molar-refractivity contribution in [3.63, 3.8) is 0 Å². The number of benzene rings is 2. The van der Waals surface area contributed by atoms with Gasteiger partial charge in [-0.2, -0.15) is 0 Å². The molecule has 1 atom stereocenters. The first-order valence-corrected chi connectivity index (χ1v) is 16.6. The van der Waals surface area contributed by atoms with E-state index >= 15 is 0 Å². The monoisotopic (exact) mass is 705 g/mol. The summed E-state index contributed by atoms with van der Waals surface area (Å²) < 4.78 is 20.8. The molecule has 0 bridgehead atoms. The van der Waals surface area contributed by atoms with Crippen LogP contribution < -0.4 is 19.6 Å². The van der Waals surface area contributed by atoms with E-state index in [1.54, 1.807) is 24.7 Å². The van der Waals surface area contributed by atoms with Crippen LogP contribution in [0.2, 0.25) is 0 Å². The van der Waals surface area contributed by atoms with Crippen LogP contribution in [-0.2, 0) is 14.3 Å². The molecule has 0 N–H and O–H groups in total. The number of thiazole rings is 1. The number of carbonyl (C=O) groups is 2. The Balaban J connectivity index is 1.72. The summed E-state index contributed by atoms with van der Waals surface area (Å²) in [5.41, 5.74) is 6.29. The predicted molar refractivity (Wildman–Crippen MR) is 182 cm³/mol. The Labute approximate surface area is 279 Å². The number of halogens is 1. The van der Waals surface area contributed by atoms with Crippen LogP contribution in [0.15, 0.2) is 68.0 Å². The number of hydrogen-bond donors (Lipinski definition) is 0. The van der Waals surface area contributed by atoms with Crippen molar-refractivity contribution in [1.29, 1.82) is 0 Å². The minimum absolute atomic E-state index is 0.197. The Bertz CT molecular complexity index is 2070. The van der Waals surface area contributed by atoms with Gasteiger partial charge in [-0.1, -0.05) is 36.8 Å². The Morgan fingerprint density at radius 3 is 2.48 bits per heavy atom. The molecule has 0 aliphatic carbocycles. The number of rotatable bonds is 9. The number of ether oxygens (including phenoxy) is 3. The molecule has 0 spiro atoms. The fourth-order valence-electron chi connectivity index (χ4n) is 5.93. The molecule has 2 aromatic heterocycles. The number of aromatic nitrogens is 2. The van der Waals surface area contributed by atoms with Gasteiger partial charge in [0.15, 0.2) is 4.80 Å². The molecule has 0 radical (unpaired) electrons. The lowest BCUT2D eigenvalue weighted by Gasteiger charge is -2.26. The Kier molecular flexibility index (Phi) is 9.83. The van der Waals surface area contributed by atoms with Crippen molar-refractivity contribution >= 4 is 45.3 Å². The summed E-state index contributed by atoms with van der Waals surface area (Å²) in [5.74, 6) is -0.255. The maximum atomic E-state index is 14.3. The standard InChI is InChI=1S/C35H36BrN3O6S/c1-8-11-26-30(34(42)45-9-2)31(22-14-15-28(43-6)25(36)17-22)39-32(40)29(46-35(39)37-26)18-23-16-19(3)38(21(23)5)27-13-10-12-24(20(27)4)33(41)44-7/h10,12-18,31H,8-9,11H2,1-7H3/b29-18+/t31-/m0/s1. The number of esters is 2. The third-order valence-corrected chi connectivity index (χ3v) is 9.69. The van der Waals surface area contributed by atoms with Crippen LogP contribution >= 0.6 is 27.3 Å². The molecule has 0 saturated carbocycles. The van der Waals surface area contributed by atoms with Crippen molar-refractivity contribution in [3.05, 3.63) is 112 Å². The van der Waals surface area contributed by atoms with E-state index in [1.807, 2.05) is 70.2 Å². The Morgan fingerprint density at radius 1 is 1.07 bits per heavy atom. The Hall–Kier alpha value is -4.22. The van der Waals surface area contributed by atoms with Gasteiger partial charge in [0, 0.05) is 17.1 Å². The van der Waals surface area contributed by atoms with E-state index in [9.17, 15) is 14.4 Å². The summed E-state index contributed by atoms with van der Waals surface area (Å²) in [6, 6.07) is 12.3. The molecule has 4 aromatic rings. The molecule has 9 nitrogen and oxygen atoms in total. The van der Waals surface area contributed by atoms with Crippen LogP contribution in [0.1, 0.15) is 71.2 Å². The summed E-state index contributed by atoms with van der Waals surface area (Å²) in [4.78, 5) is 45.6. The minimum Gasteiger partial charge on any atom is -0.496 e. The van der Waals surface area contributed by atoms with Gasteiger partial charge in [-0.05, 0) is 103 Å². The van der Waals surface area contributed by atoms with Crippen LogP contribution in [0.5, 0.6) is 5.75 Å². The van der Waals surface area contributed by atoms with Crippen LogP contribution in [0.4, 0.5) is 0 Å². The highest BCUT2D eigenvalue weighted by Gasteiger charge is 2.34. The Morgan fingerprint density at radius 2 is 1.83 bits per heavy atom. The zero-order chi connectivity index (χ0) is 33.3. The molecular weight excluding hydrogens is 670 g/mol. The van der Waals surface area contributed by atoms with Gasteiger partial charge in [-0.25, -0.2) is 14.6 Å². The van der Waals surface area contributed by atoms with E-state index in [0.717, 1.165) is 40.2 Å². The molecule has 0 amide bonds. The van der Waals surface area contributed by atoms with Crippen LogP contribution in [0, 0.1) is 20.8 Å². The second-order valence-corrected chi connectivity index (χ2v) is 12.8. The van der Waals surface area contributed by atoms with Crippen LogP contribution in [0.25, 0.3) is 11.8 Å². The topological polar surface area (TPSA) is 101 Å². The van der Waals surface area contributed by atoms with Gasteiger partial charge in [0.05, 0.1) is 52.7 Å². The van der Waals surface area contributed by atoms with E-state index in [4.69, 9.17) is 19.2 Å². The summed E-state index contributed by atoms with van der Waals surface area (Å²) in [6.07, 6.45) is 3.19. The van der Waals surface area contributed by atoms with E-state index in [0.29, 0.717) is 42.8 Å². The lowest BCUT2D eigenvalue weighted by Crippen LogP contribution is -2.40. The summed E-state index contributed by atoms with van der Waals surface area (Å²) in [5, 5.41) is 0. The van der Waals surface area contributed by atoms with Crippen molar-refractivity contribution in [3.8, 4) is 11.4 Å². The highest BCUT2D eigenvalue weighted by molar-refractivity contribution is 9.10. The number of methoxy groups -OCH3 is 2. The third kappa shape index (κ3) is 5.89. The molecule has 3 heterocycles. The van der Waals surface area contributed by atoms with Crippen molar-refractivity contribution in [2.24, 2.45) is 4.99 Å². The van der Waals surface area contributed by atoms with Crippen molar-refractivity contribution in [1.82, 2.24) is 9.13 Å². The fourth-order valence-corrected chi connectivity index (χ4v) is 7.50. The number of fused-ring (bicyclic) bond motifs is 1. The number of allylic oxidation sites excluding steroid dienone is 1. The fraction of sp³-hybridized carbons (Fsp3) is 0.314. The van der Waals surface area contributed by atoms with Crippen molar-refractivity contribution < 1.29 is 23.8 Å². The normalized spacial score (nSPS) is 14.6. The SMILES string of the molecule is CCCC1=C(C(=O)OCC)[C@H](c2ccc(OC)c(Br)c2)n2c(s/c(=C/c3cc(C)n(-c4cccc(C(=O)OC)c4C)c3C)c2=O)=N1. The van der Waals surface area contributed by atoms with Crippen LogP contribution in [-0.4, -0.2) is 41.9 Å². The van der Waals surface area contributed by atoms with Gasteiger partial charge in [-0.3, -0.25) is 9.36 Å². The number of nitrogens with zero attached hydrogens (tertiary/aromatic N) is 3.